The van der Waals surface area contributed by atoms with E-state index in [1.807, 2.05) is 0 Å². The van der Waals surface area contributed by atoms with Crippen LogP contribution in [-0.2, 0) is 11.2 Å². The highest BCUT2D eigenvalue weighted by atomic mass is 19.4. The second-order valence-corrected chi connectivity index (χ2v) is 6.95. The Morgan fingerprint density at radius 1 is 1.31 bits per heavy atom. The summed E-state index contributed by atoms with van der Waals surface area (Å²) < 4.78 is 46.0. The number of anilines is 1. The number of carbonyl (C=O) groups is 2. The molecule has 1 N–H and O–H groups in total. The number of amides is 2. The lowest BCUT2D eigenvalue weighted by molar-refractivity contribution is -0.174. The minimum absolute atomic E-state index is 0.108. The van der Waals surface area contributed by atoms with Gasteiger partial charge >= 0.3 is 6.18 Å². The predicted octanol–water partition coefficient (Wildman–Crippen LogP) is 1.87. The maximum absolute atomic E-state index is 13.2. The van der Waals surface area contributed by atoms with Crippen molar-refractivity contribution in [3.05, 3.63) is 35.9 Å². The van der Waals surface area contributed by atoms with Gasteiger partial charge in [-0.15, -0.1) is 5.10 Å². The van der Waals surface area contributed by atoms with Crippen molar-refractivity contribution in [1.82, 2.24) is 20.1 Å². The van der Waals surface area contributed by atoms with Crippen LogP contribution in [0.5, 0.6) is 5.75 Å². The third kappa shape index (κ3) is 3.52. The van der Waals surface area contributed by atoms with Gasteiger partial charge < -0.3 is 15.0 Å². The van der Waals surface area contributed by atoms with Crippen LogP contribution < -0.4 is 15.0 Å². The summed E-state index contributed by atoms with van der Waals surface area (Å²) in [4.78, 5) is 30.6. The monoisotopic (exact) mass is 409 g/mol. The Hall–Kier alpha value is -3.11. The molecular formula is C18H18F3N5O3. The Kier molecular flexibility index (Phi) is 4.67. The van der Waals surface area contributed by atoms with Crippen LogP contribution in [0.4, 0.5) is 18.9 Å². The minimum Gasteiger partial charge on any atom is -0.489 e. The summed E-state index contributed by atoms with van der Waals surface area (Å²) >= 11 is 0. The average molecular weight is 409 g/mol. The molecule has 1 aromatic carbocycles. The van der Waals surface area contributed by atoms with Crippen molar-refractivity contribution in [1.29, 1.82) is 0 Å². The first-order chi connectivity index (χ1) is 13.8. The number of halogens is 3. The first kappa shape index (κ1) is 19.2. The van der Waals surface area contributed by atoms with Gasteiger partial charge in [-0.2, -0.15) is 13.2 Å². The van der Waals surface area contributed by atoms with E-state index in [4.69, 9.17) is 4.74 Å². The van der Waals surface area contributed by atoms with Crippen molar-refractivity contribution in [3.8, 4) is 5.75 Å². The fourth-order valence-corrected chi connectivity index (χ4v) is 3.53. The lowest BCUT2D eigenvalue weighted by Crippen LogP contribution is -2.49. The van der Waals surface area contributed by atoms with Crippen LogP contribution in [0.25, 0.3) is 0 Å². The highest BCUT2D eigenvalue weighted by molar-refractivity contribution is 6.02. The van der Waals surface area contributed by atoms with Crippen LogP contribution in [0.15, 0.2) is 24.3 Å². The minimum atomic E-state index is -4.48. The number of nitrogens with one attached hydrogen (secondary N) is 1. The number of rotatable bonds is 2. The number of ether oxygens (including phenoxy) is 1. The number of benzene rings is 1. The lowest BCUT2D eigenvalue weighted by Gasteiger charge is -2.25. The number of alkyl halides is 3. The second kappa shape index (κ2) is 7.05. The van der Waals surface area contributed by atoms with E-state index < -0.39 is 35.9 Å². The van der Waals surface area contributed by atoms with Crippen molar-refractivity contribution in [2.24, 2.45) is 0 Å². The van der Waals surface area contributed by atoms with Gasteiger partial charge in [0, 0.05) is 13.5 Å². The molecule has 11 heteroatoms. The summed E-state index contributed by atoms with van der Waals surface area (Å²) in [5.74, 6) is -1.04. The number of hydrogen-bond acceptors (Lipinski definition) is 5. The van der Waals surface area contributed by atoms with Gasteiger partial charge in [0.15, 0.2) is 0 Å². The highest BCUT2D eigenvalue weighted by Crippen LogP contribution is 2.37. The van der Waals surface area contributed by atoms with Gasteiger partial charge in [-0.3, -0.25) is 9.59 Å². The number of nitrogens with zero attached hydrogens (tertiary/aromatic N) is 4. The molecule has 8 nitrogen and oxygen atoms in total. The first-order valence-electron chi connectivity index (χ1n) is 9.08. The zero-order valence-corrected chi connectivity index (χ0v) is 15.4. The molecule has 1 unspecified atom stereocenters. The van der Waals surface area contributed by atoms with Gasteiger partial charge in [0.2, 0.25) is 5.82 Å². The Labute approximate surface area is 163 Å². The molecule has 0 bridgehead atoms. The predicted molar refractivity (Wildman–Crippen MR) is 94.7 cm³/mol. The summed E-state index contributed by atoms with van der Waals surface area (Å²) in [6.45, 7) is -0.120. The largest absolute Gasteiger partial charge is 0.489 e. The molecule has 2 aromatic rings. The number of aryl methyl sites for hydroxylation is 1. The summed E-state index contributed by atoms with van der Waals surface area (Å²) in [5, 5.41) is 6.26. The SMILES string of the molecule is CN1C(=O)C(NC(=O)c2nc3n(n2)[C@H](C(F)(F)F)CCC3)COc2ccccc21. The number of hydrogen-bond donors (Lipinski definition) is 1. The zero-order chi connectivity index (χ0) is 20.8. The third-order valence-electron chi connectivity index (χ3n) is 5.02. The highest BCUT2D eigenvalue weighted by Gasteiger charge is 2.44. The second-order valence-electron chi connectivity index (χ2n) is 6.95. The summed E-state index contributed by atoms with van der Waals surface area (Å²) in [7, 11) is 1.55. The Bertz CT molecular complexity index is 958. The van der Waals surface area contributed by atoms with Crippen LogP contribution in [0.1, 0.15) is 35.3 Å². The molecule has 0 fully saturated rings. The van der Waals surface area contributed by atoms with E-state index in [0.717, 1.165) is 4.68 Å². The van der Waals surface area contributed by atoms with Crippen molar-refractivity contribution < 1.29 is 27.5 Å². The Morgan fingerprint density at radius 2 is 2.07 bits per heavy atom. The van der Waals surface area contributed by atoms with Gasteiger partial charge in [-0.05, 0) is 25.0 Å². The first-order valence-corrected chi connectivity index (χ1v) is 9.08. The third-order valence-corrected chi connectivity index (χ3v) is 5.02. The summed E-state index contributed by atoms with van der Waals surface area (Å²) in [5.41, 5.74) is 0.554. The number of likely N-dealkylation sites (N-methyl/N-ethyl adjacent to an activating group) is 1. The standard InChI is InChI=1S/C18H18F3N5O3/c1-25-11-5-2-3-6-12(11)29-9-10(17(25)28)22-16(27)15-23-14-8-4-7-13(18(19,20)21)26(14)24-15/h2-3,5-6,10,13H,4,7-9H2,1H3,(H,22,27)/t10?,13-/m0/s1. The molecule has 0 saturated heterocycles. The number of para-hydroxylation sites is 2. The number of fused-ring (bicyclic) bond motifs is 2. The van der Waals surface area contributed by atoms with Crippen LogP contribution in [0.2, 0.25) is 0 Å². The molecule has 29 heavy (non-hydrogen) atoms. The average Bonchev–Trinajstić information content (AvgIpc) is 3.09. The van der Waals surface area contributed by atoms with Crippen LogP contribution in [0.3, 0.4) is 0 Å². The van der Waals surface area contributed by atoms with Gasteiger partial charge in [0.05, 0.1) is 5.69 Å². The topological polar surface area (TPSA) is 89.4 Å². The smallest absolute Gasteiger partial charge is 0.410 e. The maximum atomic E-state index is 13.2. The van der Waals surface area contributed by atoms with E-state index in [1.54, 1.807) is 31.3 Å². The molecule has 2 aliphatic rings. The Morgan fingerprint density at radius 3 is 2.83 bits per heavy atom. The molecule has 3 heterocycles. The molecule has 2 aliphatic heterocycles. The zero-order valence-electron chi connectivity index (χ0n) is 15.4. The fourth-order valence-electron chi connectivity index (χ4n) is 3.53. The molecule has 2 amide bonds. The molecule has 0 spiro atoms. The van der Waals surface area contributed by atoms with E-state index >= 15 is 0 Å². The van der Waals surface area contributed by atoms with Crippen LogP contribution in [0, 0.1) is 0 Å². The molecule has 2 atom stereocenters. The van der Waals surface area contributed by atoms with Crippen molar-refractivity contribution in [3.63, 3.8) is 0 Å². The van der Waals surface area contributed by atoms with Crippen LogP contribution in [-0.4, -0.2) is 52.5 Å². The molecule has 154 valence electrons. The summed E-state index contributed by atoms with van der Waals surface area (Å²) in [6, 6.07) is 4.09. The lowest BCUT2D eigenvalue weighted by atomic mass is 10.1. The van der Waals surface area contributed by atoms with Gasteiger partial charge in [0.1, 0.15) is 30.3 Å². The number of aromatic nitrogens is 3. The molecule has 4 rings (SSSR count). The van der Waals surface area contributed by atoms with Gasteiger partial charge in [-0.1, -0.05) is 12.1 Å². The molecular weight excluding hydrogens is 391 g/mol. The molecule has 0 aliphatic carbocycles. The fraction of sp³-hybridized carbons (Fsp3) is 0.444. The molecule has 1 aromatic heterocycles. The Balaban J connectivity index is 1.53. The van der Waals surface area contributed by atoms with E-state index in [0.29, 0.717) is 24.3 Å². The van der Waals surface area contributed by atoms with Crippen LogP contribution >= 0.6 is 0 Å². The maximum Gasteiger partial charge on any atom is 0.410 e. The molecule has 0 saturated carbocycles. The van der Waals surface area contributed by atoms with Crippen molar-refractivity contribution in [2.75, 3.05) is 18.6 Å². The van der Waals surface area contributed by atoms with E-state index in [9.17, 15) is 22.8 Å². The van der Waals surface area contributed by atoms with Gasteiger partial charge in [0.25, 0.3) is 11.8 Å². The van der Waals surface area contributed by atoms with E-state index in [2.05, 4.69) is 15.4 Å². The molecule has 0 radical (unpaired) electrons. The quantitative estimate of drug-likeness (QED) is 0.818. The van der Waals surface area contributed by atoms with E-state index in [1.165, 1.54) is 4.90 Å². The normalized spacial score (nSPS) is 21.7. The van der Waals surface area contributed by atoms with Gasteiger partial charge in [-0.25, -0.2) is 9.67 Å². The number of carbonyl (C=O) groups excluding carboxylic acids is 2. The van der Waals surface area contributed by atoms with E-state index in [-0.39, 0.29) is 18.9 Å². The van der Waals surface area contributed by atoms with Crippen molar-refractivity contribution in [2.45, 2.75) is 37.5 Å². The van der Waals surface area contributed by atoms with Crippen molar-refractivity contribution >= 4 is 17.5 Å². The summed E-state index contributed by atoms with van der Waals surface area (Å²) in [6.07, 6.45) is -3.98.